The Bertz CT molecular complexity index is 1650. The van der Waals surface area contributed by atoms with Gasteiger partial charge in [0.15, 0.2) is 6.10 Å². The van der Waals surface area contributed by atoms with Crippen molar-refractivity contribution in [3.05, 3.63) is 182 Å². The number of hydrogen-bond acceptors (Lipinski definition) is 5. The molecule has 0 heterocycles. The Hall–Kier alpha value is -5.00. The second kappa shape index (κ2) is 58.3. The minimum absolute atomic E-state index is 0.00820. The van der Waals surface area contributed by atoms with Gasteiger partial charge in [-0.2, -0.15) is 0 Å². The Morgan fingerprint density at radius 1 is 0.314 bits per heavy atom. The number of ether oxygens (including phenoxy) is 3. The molecule has 1 unspecified atom stereocenters. The van der Waals surface area contributed by atoms with Crippen molar-refractivity contribution in [2.75, 3.05) is 19.8 Å². The van der Waals surface area contributed by atoms with Gasteiger partial charge in [0.25, 0.3) is 0 Å². The van der Waals surface area contributed by atoms with Crippen LogP contribution in [0.15, 0.2) is 182 Å². The molecular formula is C65H98O5. The zero-order chi connectivity index (χ0) is 50.6. The summed E-state index contributed by atoms with van der Waals surface area (Å²) in [5.74, 6) is -0.565. The lowest BCUT2D eigenvalue weighted by Crippen LogP contribution is -2.30. The number of carbonyl (C=O) groups excluding carboxylic acids is 2. The van der Waals surface area contributed by atoms with E-state index in [1.807, 2.05) is 0 Å². The third kappa shape index (κ3) is 55.6. The summed E-state index contributed by atoms with van der Waals surface area (Å²) in [6.45, 7) is 7.27. The number of hydrogen-bond donors (Lipinski definition) is 0. The molecule has 0 aliphatic rings. The fourth-order valence-corrected chi connectivity index (χ4v) is 6.49. The van der Waals surface area contributed by atoms with Crippen LogP contribution < -0.4 is 0 Å². The van der Waals surface area contributed by atoms with Gasteiger partial charge in [-0.15, -0.1) is 0 Å². The van der Waals surface area contributed by atoms with Crippen molar-refractivity contribution < 1.29 is 23.8 Å². The van der Waals surface area contributed by atoms with E-state index >= 15 is 0 Å². The summed E-state index contributed by atoms with van der Waals surface area (Å²) >= 11 is 0. The minimum atomic E-state index is -0.619. The van der Waals surface area contributed by atoms with Crippen molar-refractivity contribution in [3.63, 3.8) is 0 Å². The molecule has 0 spiro atoms. The fourth-order valence-electron chi connectivity index (χ4n) is 6.49. The average molecular weight is 959 g/mol. The van der Waals surface area contributed by atoms with E-state index in [0.29, 0.717) is 32.3 Å². The van der Waals surface area contributed by atoms with Crippen LogP contribution in [0.5, 0.6) is 0 Å². The zero-order valence-corrected chi connectivity index (χ0v) is 44.4. The van der Waals surface area contributed by atoms with Crippen LogP contribution in [0.25, 0.3) is 0 Å². The molecule has 0 aliphatic heterocycles. The predicted molar refractivity (Wildman–Crippen MR) is 306 cm³/mol. The second-order valence-corrected chi connectivity index (χ2v) is 17.0. The maximum atomic E-state index is 12.8. The second-order valence-electron chi connectivity index (χ2n) is 17.0. The first-order valence-electron chi connectivity index (χ1n) is 27.3. The molecule has 0 saturated carbocycles. The SMILES string of the molecule is CC/C=C\C/C=C\C/C=C\C/C=C\C/C=C\CCCCCCOCC(COC(=O)CCC/C=C\C/C=C\C/C=C\C/C=C\C/C=C\CC)OC(=O)CCC/C=C\C/C=C\C/C=C\C/C=C\C/C=C\CC. The Balaban J connectivity index is 4.56. The largest absolute Gasteiger partial charge is 0.462 e. The lowest BCUT2D eigenvalue weighted by atomic mass is 10.1. The molecule has 0 N–H and O–H groups in total. The lowest BCUT2D eigenvalue weighted by molar-refractivity contribution is -0.162. The molecule has 0 rings (SSSR count). The molecule has 70 heavy (non-hydrogen) atoms. The van der Waals surface area contributed by atoms with E-state index in [4.69, 9.17) is 14.2 Å². The third-order valence-electron chi connectivity index (χ3n) is 10.4. The number of carbonyl (C=O) groups is 2. The van der Waals surface area contributed by atoms with Gasteiger partial charge < -0.3 is 14.2 Å². The van der Waals surface area contributed by atoms with Crippen LogP contribution in [0.3, 0.4) is 0 Å². The topological polar surface area (TPSA) is 61.8 Å². The Kier molecular flexibility index (Phi) is 54.1. The van der Waals surface area contributed by atoms with Crippen molar-refractivity contribution in [2.45, 2.75) is 194 Å². The van der Waals surface area contributed by atoms with Crippen LogP contribution in [-0.4, -0.2) is 37.9 Å². The highest BCUT2D eigenvalue weighted by molar-refractivity contribution is 5.70. The van der Waals surface area contributed by atoms with Crippen molar-refractivity contribution >= 4 is 11.9 Å². The standard InChI is InChI=1S/C65H98O5/c1-4-7-10-13-16-19-22-25-28-31-32-33-36-39-42-45-48-51-54-57-60-68-61-63(70-65(67)59-56-53-50-47-44-41-38-35-30-27-24-21-18-15-12-9-6-3)62-69-64(66)58-55-52-49-46-43-40-37-34-29-26-23-20-17-14-11-8-5-2/h7-12,16-21,25-30,32-33,37-42,46-47,49-50,63H,4-6,13-15,22-24,31,34-36,43-45,48,51-62H2,1-3H3/b10-7-,11-8-,12-9-,19-16-,20-17-,21-18-,28-25-,29-26-,30-27-,33-32-,40-37-,41-38-,42-39-,49-46-,50-47-. The van der Waals surface area contributed by atoms with Gasteiger partial charge in [0.2, 0.25) is 0 Å². The molecule has 0 fully saturated rings. The van der Waals surface area contributed by atoms with Crippen LogP contribution in [0.1, 0.15) is 188 Å². The highest BCUT2D eigenvalue weighted by Crippen LogP contribution is 2.09. The molecule has 5 heteroatoms. The molecular weight excluding hydrogens is 861 g/mol. The van der Waals surface area contributed by atoms with Gasteiger partial charge >= 0.3 is 11.9 Å². The van der Waals surface area contributed by atoms with Crippen molar-refractivity contribution in [2.24, 2.45) is 0 Å². The Morgan fingerprint density at radius 2 is 0.600 bits per heavy atom. The molecule has 0 radical (unpaired) electrons. The van der Waals surface area contributed by atoms with E-state index in [9.17, 15) is 9.59 Å². The summed E-state index contributed by atoms with van der Waals surface area (Å²) in [7, 11) is 0. The molecule has 0 bridgehead atoms. The van der Waals surface area contributed by atoms with Crippen LogP contribution in [0.2, 0.25) is 0 Å². The van der Waals surface area contributed by atoms with Crippen molar-refractivity contribution in [1.29, 1.82) is 0 Å². The lowest BCUT2D eigenvalue weighted by Gasteiger charge is -2.18. The molecule has 0 amide bonds. The molecule has 0 aromatic heterocycles. The van der Waals surface area contributed by atoms with Crippen LogP contribution in [0, 0.1) is 0 Å². The fraction of sp³-hybridized carbons (Fsp3) is 0.508. The summed E-state index contributed by atoms with van der Waals surface area (Å²) in [5.41, 5.74) is 0. The van der Waals surface area contributed by atoms with Gasteiger partial charge in [-0.1, -0.05) is 216 Å². The number of unbranched alkanes of at least 4 members (excludes halogenated alkanes) is 6. The predicted octanol–water partition coefficient (Wildman–Crippen LogP) is 19.0. The number of allylic oxidation sites excluding steroid dienone is 30. The Morgan fingerprint density at radius 3 is 0.943 bits per heavy atom. The van der Waals surface area contributed by atoms with E-state index < -0.39 is 6.10 Å². The first kappa shape index (κ1) is 65.0. The Labute approximate surface area is 429 Å². The zero-order valence-electron chi connectivity index (χ0n) is 44.4. The molecule has 0 aromatic rings. The monoisotopic (exact) mass is 959 g/mol. The van der Waals surface area contributed by atoms with E-state index in [-0.39, 0.29) is 25.2 Å². The van der Waals surface area contributed by atoms with Crippen molar-refractivity contribution in [3.8, 4) is 0 Å². The van der Waals surface area contributed by atoms with E-state index in [1.54, 1.807) is 0 Å². The summed E-state index contributed by atoms with van der Waals surface area (Å²) in [6, 6.07) is 0. The maximum absolute atomic E-state index is 12.8. The molecule has 388 valence electrons. The molecule has 5 nitrogen and oxygen atoms in total. The summed E-state index contributed by atoms with van der Waals surface area (Å²) in [6.07, 6.45) is 89.2. The average Bonchev–Trinajstić information content (AvgIpc) is 3.36. The smallest absolute Gasteiger partial charge is 0.306 e. The quantitative estimate of drug-likeness (QED) is 0.0345. The molecule has 0 saturated heterocycles. The summed E-state index contributed by atoms with van der Waals surface area (Å²) in [5, 5.41) is 0. The van der Waals surface area contributed by atoms with Crippen LogP contribution in [-0.2, 0) is 23.8 Å². The number of esters is 2. The third-order valence-corrected chi connectivity index (χ3v) is 10.4. The summed E-state index contributed by atoms with van der Waals surface area (Å²) < 4.78 is 17.3. The van der Waals surface area contributed by atoms with Crippen LogP contribution in [0.4, 0.5) is 0 Å². The van der Waals surface area contributed by atoms with E-state index in [0.717, 1.165) is 141 Å². The van der Waals surface area contributed by atoms with Gasteiger partial charge in [0.05, 0.1) is 6.61 Å². The number of rotatable bonds is 47. The maximum Gasteiger partial charge on any atom is 0.306 e. The molecule has 0 aromatic carbocycles. The first-order valence-corrected chi connectivity index (χ1v) is 27.3. The first-order chi connectivity index (χ1) is 34.6. The van der Waals surface area contributed by atoms with Gasteiger partial charge in [-0.25, -0.2) is 0 Å². The molecule has 1 atom stereocenters. The minimum Gasteiger partial charge on any atom is -0.462 e. The van der Waals surface area contributed by atoms with Crippen LogP contribution >= 0.6 is 0 Å². The normalized spacial score (nSPS) is 13.7. The van der Waals surface area contributed by atoms with Gasteiger partial charge in [0, 0.05) is 19.4 Å². The van der Waals surface area contributed by atoms with Crippen molar-refractivity contribution in [1.82, 2.24) is 0 Å². The van der Waals surface area contributed by atoms with Gasteiger partial charge in [0.1, 0.15) is 6.61 Å². The summed E-state index contributed by atoms with van der Waals surface area (Å²) in [4.78, 5) is 25.5. The van der Waals surface area contributed by atoms with Gasteiger partial charge in [-0.05, 0) is 141 Å². The molecule has 0 aliphatic carbocycles. The van der Waals surface area contributed by atoms with Gasteiger partial charge in [-0.3, -0.25) is 9.59 Å². The highest BCUT2D eigenvalue weighted by atomic mass is 16.6. The highest BCUT2D eigenvalue weighted by Gasteiger charge is 2.17. The van der Waals surface area contributed by atoms with E-state index in [1.165, 1.54) is 0 Å². The van der Waals surface area contributed by atoms with E-state index in [2.05, 4.69) is 203 Å².